The van der Waals surface area contributed by atoms with Crippen LogP contribution in [0.4, 0.5) is 0 Å². The zero-order valence-electron chi connectivity index (χ0n) is 16.0. The van der Waals surface area contributed by atoms with Crippen molar-refractivity contribution in [1.29, 1.82) is 0 Å². The summed E-state index contributed by atoms with van der Waals surface area (Å²) in [5.74, 6) is 1.19. The second-order valence-electron chi connectivity index (χ2n) is 5.71. The molecule has 0 aliphatic rings. The number of benzene rings is 2. The van der Waals surface area contributed by atoms with E-state index in [1.165, 1.54) is 13.3 Å². The first-order valence-corrected chi connectivity index (χ1v) is 8.49. The van der Waals surface area contributed by atoms with Gasteiger partial charge in [0.25, 0.3) is 5.91 Å². The molecule has 2 N–H and O–H groups in total. The molecule has 8 nitrogen and oxygen atoms in total. The Hall–Kier alpha value is -3.55. The van der Waals surface area contributed by atoms with Gasteiger partial charge >= 0.3 is 0 Å². The van der Waals surface area contributed by atoms with Crippen molar-refractivity contribution >= 4 is 18.0 Å². The highest BCUT2D eigenvalue weighted by Gasteiger charge is 2.07. The van der Waals surface area contributed by atoms with Crippen LogP contribution in [0.5, 0.6) is 17.2 Å². The number of hydrogen-bond acceptors (Lipinski definition) is 6. The van der Waals surface area contributed by atoms with Crippen molar-refractivity contribution in [3.63, 3.8) is 0 Å². The van der Waals surface area contributed by atoms with Crippen molar-refractivity contribution in [2.75, 3.05) is 27.9 Å². The second-order valence-corrected chi connectivity index (χ2v) is 5.71. The Balaban J connectivity index is 1.77. The maximum Gasteiger partial charge on any atom is 0.259 e. The van der Waals surface area contributed by atoms with Gasteiger partial charge in [0.15, 0.2) is 11.5 Å². The number of amides is 2. The van der Waals surface area contributed by atoms with Crippen molar-refractivity contribution in [2.24, 2.45) is 5.10 Å². The standard InChI is InChI=1S/C20H23N3O5/c1-26-16-7-4-14(5-8-16)11-19(24)21-13-20(25)23-22-12-15-6-9-17(27-2)18(10-15)28-3/h4-10,12H,11,13H2,1-3H3,(H,21,24)(H,23,25)/b22-12-. The maximum absolute atomic E-state index is 11.9. The van der Waals surface area contributed by atoms with Gasteiger partial charge < -0.3 is 19.5 Å². The Bertz CT molecular complexity index is 834. The molecule has 28 heavy (non-hydrogen) atoms. The van der Waals surface area contributed by atoms with Gasteiger partial charge in [-0.25, -0.2) is 5.43 Å². The molecule has 148 valence electrons. The summed E-state index contributed by atoms with van der Waals surface area (Å²) < 4.78 is 15.4. The average Bonchev–Trinajstić information content (AvgIpc) is 2.72. The molecule has 0 saturated heterocycles. The van der Waals surface area contributed by atoms with Gasteiger partial charge in [0.2, 0.25) is 5.91 Å². The summed E-state index contributed by atoms with van der Waals surface area (Å²) in [5, 5.41) is 6.42. The van der Waals surface area contributed by atoms with E-state index in [0.29, 0.717) is 11.5 Å². The van der Waals surface area contributed by atoms with Gasteiger partial charge in [-0.2, -0.15) is 5.10 Å². The van der Waals surface area contributed by atoms with E-state index in [1.807, 2.05) is 0 Å². The van der Waals surface area contributed by atoms with Gasteiger partial charge in [-0.3, -0.25) is 9.59 Å². The van der Waals surface area contributed by atoms with Crippen LogP contribution in [-0.4, -0.2) is 45.9 Å². The number of hydrazone groups is 1. The summed E-state index contributed by atoms with van der Waals surface area (Å²) in [6.45, 7) is -0.168. The fourth-order valence-corrected chi connectivity index (χ4v) is 2.32. The molecule has 0 saturated carbocycles. The molecule has 0 aliphatic heterocycles. The Kier molecular flexibility index (Phi) is 7.83. The Labute approximate surface area is 163 Å². The van der Waals surface area contributed by atoms with Crippen LogP contribution >= 0.6 is 0 Å². The number of ether oxygens (including phenoxy) is 3. The summed E-state index contributed by atoms with van der Waals surface area (Å²) in [5.41, 5.74) is 3.91. The van der Waals surface area contributed by atoms with Crippen LogP contribution in [0.25, 0.3) is 0 Å². The summed E-state index contributed by atoms with van der Waals surface area (Å²) in [6, 6.07) is 12.4. The molecule has 0 fully saturated rings. The van der Waals surface area contributed by atoms with E-state index in [2.05, 4.69) is 15.8 Å². The van der Waals surface area contributed by atoms with Crippen LogP contribution in [0.1, 0.15) is 11.1 Å². The van der Waals surface area contributed by atoms with Gasteiger partial charge in [0.1, 0.15) is 5.75 Å². The molecular weight excluding hydrogens is 362 g/mol. The first-order chi connectivity index (χ1) is 13.5. The van der Waals surface area contributed by atoms with Crippen LogP contribution in [0.2, 0.25) is 0 Å². The van der Waals surface area contributed by atoms with E-state index in [0.717, 1.165) is 16.9 Å². The van der Waals surface area contributed by atoms with Gasteiger partial charge in [0, 0.05) is 0 Å². The summed E-state index contributed by atoms with van der Waals surface area (Å²) in [7, 11) is 4.66. The Morgan fingerprint density at radius 2 is 1.64 bits per heavy atom. The van der Waals surface area contributed by atoms with E-state index < -0.39 is 5.91 Å². The third-order valence-corrected chi connectivity index (χ3v) is 3.78. The van der Waals surface area contributed by atoms with Crippen molar-refractivity contribution < 1.29 is 23.8 Å². The van der Waals surface area contributed by atoms with Crippen molar-refractivity contribution in [3.8, 4) is 17.2 Å². The number of nitrogens with zero attached hydrogens (tertiary/aromatic N) is 1. The lowest BCUT2D eigenvalue weighted by molar-refractivity contribution is -0.125. The molecule has 2 aromatic rings. The normalized spacial score (nSPS) is 10.4. The van der Waals surface area contributed by atoms with E-state index >= 15 is 0 Å². The fraction of sp³-hybridized carbons (Fsp3) is 0.250. The van der Waals surface area contributed by atoms with Crippen molar-refractivity contribution in [2.45, 2.75) is 6.42 Å². The number of rotatable bonds is 9. The smallest absolute Gasteiger partial charge is 0.259 e. The highest BCUT2D eigenvalue weighted by Crippen LogP contribution is 2.26. The zero-order valence-corrected chi connectivity index (χ0v) is 16.0. The van der Waals surface area contributed by atoms with E-state index in [9.17, 15) is 9.59 Å². The molecule has 8 heteroatoms. The average molecular weight is 385 g/mol. The molecule has 2 aromatic carbocycles. The van der Waals surface area contributed by atoms with Crippen LogP contribution in [0.15, 0.2) is 47.6 Å². The summed E-state index contributed by atoms with van der Waals surface area (Å²) in [4.78, 5) is 23.7. The number of carbonyl (C=O) groups excluding carboxylic acids is 2. The van der Waals surface area contributed by atoms with Crippen molar-refractivity contribution in [1.82, 2.24) is 10.7 Å². The lowest BCUT2D eigenvalue weighted by atomic mass is 10.1. The number of nitrogens with one attached hydrogen (secondary N) is 2. The highest BCUT2D eigenvalue weighted by atomic mass is 16.5. The van der Waals surface area contributed by atoms with Gasteiger partial charge in [0.05, 0.1) is 40.5 Å². The summed E-state index contributed by atoms with van der Waals surface area (Å²) in [6.07, 6.45) is 1.64. The molecule has 0 aliphatic carbocycles. The molecule has 0 bridgehead atoms. The minimum Gasteiger partial charge on any atom is -0.497 e. The predicted molar refractivity (Wildman–Crippen MR) is 105 cm³/mol. The molecule has 2 amide bonds. The highest BCUT2D eigenvalue weighted by molar-refractivity contribution is 5.87. The maximum atomic E-state index is 11.9. The number of hydrogen-bond donors (Lipinski definition) is 2. The quantitative estimate of drug-likeness (QED) is 0.504. The Morgan fingerprint density at radius 1 is 0.929 bits per heavy atom. The van der Waals surface area contributed by atoms with Crippen LogP contribution < -0.4 is 25.0 Å². The molecular formula is C20H23N3O5. The topological polar surface area (TPSA) is 98.2 Å². The first kappa shape index (κ1) is 20.8. The molecule has 0 aromatic heterocycles. The predicted octanol–water partition coefficient (Wildman–Crippen LogP) is 1.52. The van der Waals surface area contributed by atoms with E-state index in [4.69, 9.17) is 14.2 Å². The van der Waals surface area contributed by atoms with E-state index in [1.54, 1.807) is 56.7 Å². The molecule has 0 heterocycles. The SMILES string of the molecule is COc1ccc(CC(=O)NCC(=O)N/N=C\c2ccc(OC)c(OC)c2)cc1. The fourth-order valence-electron chi connectivity index (χ4n) is 2.32. The van der Waals surface area contributed by atoms with Gasteiger partial charge in [-0.15, -0.1) is 0 Å². The third kappa shape index (κ3) is 6.31. The minimum atomic E-state index is -0.431. The van der Waals surface area contributed by atoms with E-state index in [-0.39, 0.29) is 18.9 Å². The van der Waals surface area contributed by atoms with Gasteiger partial charge in [-0.05, 0) is 41.5 Å². The van der Waals surface area contributed by atoms with Gasteiger partial charge in [-0.1, -0.05) is 12.1 Å². The first-order valence-electron chi connectivity index (χ1n) is 8.49. The van der Waals surface area contributed by atoms with Crippen molar-refractivity contribution in [3.05, 3.63) is 53.6 Å². The molecule has 0 unspecified atom stereocenters. The molecule has 2 rings (SSSR count). The minimum absolute atomic E-state index is 0.168. The monoisotopic (exact) mass is 385 g/mol. The third-order valence-electron chi connectivity index (χ3n) is 3.78. The lowest BCUT2D eigenvalue weighted by Crippen LogP contribution is -2.35. The second kappa shape index (κ2) is 10.6. The molecule has 0 atom stereocenters. The number of carbonyl (C=O) groups is 2. The largest absolute Gasteiger partial charge is 0.497 e. The number of methoxy groups -OCH3 is 3. The van der Waals surface area contributed by atoms with Crippen LogP contribution in [0.3, 0.4) is 0 Å². The molecule has 0 radical (unpaired) electrons. The zero-order chi connectivity index (χ0) is 20.4. The molecule has 0 spiro atoms. The summed E-state index contributed by atoms with van der Waals surface area (Å²) >= 11 is 0. The lowest BCUT2D eigenvalue weighted by Gasteiger charge is -2.07. The van der Waals surface area contributed by atoms with Crippen LogP contribution in [-0.2, 0) is 16.0 Å². The van der Waals surface area contributed by atoms with Crippen LogP contribution in [0, 0.1) is 0 Å². The Morgan fingerprint density at radius 3 is 2.29 bits per heavy atom.